The van der Waals surface area contributed by atoms with Crippen LogP contribution in [0.3, 0.4) is 0 Å². The van der Waals surface area contributed by atoms with Crippen LogP contribution < -0.4 is 9.64 Å². The second kappa shape index (κ2) is 7.87. The number of nitro groups is 1. The van der Waals surface area contributed by atoms with Crippen LogP contribution in [0, 0.1) is 22.9 Å². The van der Waals surface area contributed by atoms with Crippen molar-refractivity contribution in [1.82, 2.24) is 0 Å². The molecule has 3 aromatic carbocycles. The number of carbonyl (C=O) groups is 1. The van der Waals surface area contributed by atoms with E-state index < -0.39 is 22.3 Å². The van der Waals surface area contributed by atoms with Crippen molar-refractivity contribution in [2.75, 3.05) is 11.9 Å². The number of nitrogens with zero attached hydrogens (tertiary/aromatic N) is 2. The first kappa shape index (κ1) is 19.0. The van der Waals surface area contributed by atoms with Gasteiger partial charge < -0.3 is 9.64 Å². The monoisotopic (exact) mass is 380 g/mol. The third-order valence-corrected chi connectivity index (χ3v) is 4.27. The third kappa shape index (κ3) is 3.98. The van der Waals surface area contributed by atoms with Gasteiger partial charge in [0.05, 0.1) is 10.5 Å². The maximum absolute atomic E-state index is 14.0. The average Bonchev–Trinajstić information content (AvgIpc) is 2.70. The number of hydrogen-bond acceptors (Lipinski definition) is 4. The van der Waals surface area contributed by atoms with Gasteiger partial charge in [0.25, 0.3) is 11.6 Å². The summed E-state index contributed by atoms with van der Waals surface area (Å²) in [6.07, 6.45) is 0. The van der Waals surface area contributed by atoms with Crippen molar-refractivity contribution in [3.05, 3.63) is 93.8 Å². The Bertz CT molecular complexity index is 1020. The number of hydrogen-bond donors (Lipinski definition) is 0. The van der Waals surface area contributed by atoms with Crippen molar-refractivity contribution >= 4 is 17.3 Å². The van der Waals surface area contributed by atoms with Crippen molar-refractivity contribution in [2.45, 2.75) is 6.92 Å². The highest BCUT2D eigenvalue weighted by Gasteiger charge is 2.22. The molecule has 3 aromatic rings. The van der Waals surface area contributed by atoms with Crippen LogP contribution in [0.25, 0.3) is 0 Å². The van der Waals surface area contributed by atoms with Crippen LogP contribution >= 0.6 is 0 Å². The lowest BCUT2D eigenvalue weighted by molar-refractivity contribution is -0.385. The predicted molar refractivity (Wildman–Crippen MR) is 103 cm³/mol. The summed E-state index contributed by atoms with van der Waals surface area (Å²) in [7, 11) is 1.51. The quantitative estimate of drug-likeness (QED) is 0.455. The largest absolute Gasteiger partial charge is 0.457 e. The highest BCUT2D eigenvalue weighted by molar-refractivity contribution is 6.06. The molecule has 0 N–H and O–H groups in total. The molecule has 28 heavy (non-hydrogen) atoms. The lowest BCUT2D eigenvalue weighted by Gasteiger charge is -2.18. The second-order valence-electron chi connectivity index (χ2n) is 6.13. The number of nitro benzene ring substituents is 1. The van der Waals surface area contributed by atoms with Crippen molar-refractivity contribution in [3.63, 3.8) is 0 Å². The molecule has 0 heterocycles. The fourth-order valence-corrected chi connectivity index (χ4v) is 2.65. The molecular formula is C21H17FN2O4. The van der Waals surface area contributed by atoms with E-state index in [1.54, 1.807) is 24.3 Å². The molecule has 0 saturated carbocycles. The number of ether oxygens (including phenoxy) is 1. The van der Waals surface area contributed by atoms with Gasteiger partial charge in [-0.3, -0.25) is 14.9 Å². The molecule has 0 fully saturated rings. The molecule has 0 aliphatic heterocycles. The van der Waals surface area contributed by atoms with E-state index in [1.807, 2.05) is 30.3 Å². The first-order chi connectivity index (χ1) is 13.4. The summed E-state index contributed by atoms with van der Waals surface area (Å²) in [5.74, 6) is -0.0776. The molecule has 0 unspecified atom stereocenters. The van der Waals surface area contributed by atoms with E-state index in [-0.39, 0.29) is 11.1 Å². The minimum absolute atomic E-state index is 0.0955. The maximum atomic E-state index is 14.0. The van der Waals surface area contributed by atoms with E-state index in [4.69, 9.17) is 4.74 Å². The van der Waals surface area contributed by atoms with Crippen LogP contribution in [0.15, 0.2) is 66.7 Å². The Labute approximate surface area is 160 Å². The number of rotatable bonds is 5. The van der Waals surface area contributed by atoms with Crippen molar-refractivity contribution < 1.29 is 18.8 Å². The Balaban J connectivity index is 1.81. The molecule has 0 radical (unpaired) electrons. The Morgan fingerprint density at radius 3 is 2.25 bits per heavy atom. The summed E-state index contributed by atoms with van der Waals surface area (Å²) in [6.45, 7) is 1.30. The fraction of sp³-hybridized carbons (Fsp3) is 0.0952. The van der Waals surface area contributed by atoms with Gasteiger partial charge in [-0.15, -0.1) is 0 Å². The van der Waals surface area contributed by atoms with Crippen LogP contribution in [-0.4, -0.2) is 17.9 Å². The zero-order valence-electron chi connectivity index (χ0n) is 15.3. The van der Waals surface area contributed by atoms with Crippen LogP contribution in [0.2, 0.25) is 0 Å². The summed E-state index contributed by atoms with van der Waals surface area (Å²) in [5, 5.41) is 11.1. The zero-order chi connectivity index (χ0) is 20.3. The molecule has 0 aliphatic carbocycles. The van der Waals surface area contributed by atoms with Gasteiger partial charge >= 0.3 is 0 Å². The molecule has 0 bridgehead atoms. The van der Waals surface area contributed by atoms with Gasteiger partial charge in [0, 0.05) is 24.4 Å². The highest BCUT2D eigenvalue weighted by Crippen LogP contribution is 2.27. The summed E-state index contributed by atoms with van der Waals surface area (Å²) >= 11 is 0. The standard InChI is InChI=1S/C21H17FN2O4/c1-14-19(22)12-15(13-20(14)24(26)27)21(25)23(2)16-8-10-18(11-9-16)28-17-6-4-3-5-7-17/h3-13H,1-2H3. The van der Waals surface area contributed by atoms with Crippen LogP contribution in [0.5, 0.6) is 11.5 Å². The fourth-order valence-electron chi connectivity index (χ4n) is 2.65. The topological polar surface area (TPSA) is 72.7 Å². The van der Waals surface area contributed by atoms with E-state index in [2.05, 4.69) is 0 Å². The number of benzene rings is 3. The Morgan fingerprint density at radius 1 is 1.04 bits per heavy atom. The third-order valence-electron chi connectivity index (χ3n) is 4.27. The number of halogens is 1. The molecule has 7 heteroatoms. The lowest BCUT2D eigenvalue weighted by Crippen LogP contribution is -2.26. The van der Waals surface area contributed by atoms with Gasteiger partial charge in [-0.25, -0.2) is 4.39 Å². The predicted octanol–water partition coefficient (Wildman–Crippen LogP) is 5.11. The van der Waals surface area contributed by atoms with E-state index >= 15 is 0 Å². The molecule has 0 saturated heterocycles. The number of amides is 1. The van der Waals surface area contributed by atoms with E-state index in [0.29, 0.717) is 17.2 Å². The molecule has 3 rings (SSSR count). The van der Waals surface area contributed by atoms with Gasteiger partial charge in [-0.05, 0) is 49.4 Å². The normalized spacial score (nSPS) is 10.4. The Morgan fingerprint density at radius 2 is 1.64 bits per heavy atom. The molecular weight excluding hydrogens is 363 g/mol. The molecule has 0 aliphatic rings. The maximum Gasteiger partial charge on any atom is 0.276 e. The number of anilines is 1. The van der Waals surface area contributed by atoms with Gasteiger partial charge in [0.15, 0.2) is 0 Å². The summed E-state index contributed by atoms with van der Waals surface area (Å²) in [5.41, 5.74) is -0.0917. The molecule has 6 nitrogen and oxygen atoms in total. The smallest absolute Gasteiger partial charge is 0.276 e. The first-order valence-corrected chi connectivity index (χ1v) is 8.42. The number of carbonyl (C=O) groups excluding carboxylic acids is 1. The van der Waals surface area contributed by atoms with Gasteiger partial charge in [0.1, 0.15) is 17.3 Å². The molecule has 1 amide bonds. The van der Waals surface area contributed by atoms with Gasteiger partial charge in [-0.1, -0.05) is 18.2 Å². The summed E-state index contributed by atoms with van der Waals surface area (Å²) in [6, 6.07) is 18.1. The summed E-state index contributed by atoms with van der Waals surface area (Å²) < 4.78 is 19.7. The minimum Gasteiger partial charge on any atom is -0.457 e. The van der Waals surface area contributed by atoms with Crippen molar-refractivity contribution in [3.8, 4) is 11.5 Å². The molecule has 0 atom stereocenters. The van der Waals surface area contributed by atoms with E-state index in [9.17, 15) is 19.3 Å². The Hall–Kier alpha value is -3.74. The minimum atomic E-state index is -0.794. The lowest BCUT2D eigenvalue weighted by atomic mass is 10.1. The second-order valence-corrected chi connectivity index (χ2v) is 6.13. The van der Waals surface area contributed by atoms with Crippen LogP contribution in [0.4, 0.5) is 15.8 Å². The SMILES string of the molecule is Cc1c(F)cc(C(=O)N(C)c2ccc(Oc3ccccc3)cc2)cc1[N+](=O)[O-]. The van der Waals surface area contributed by atoms with Crippen molar-refractivity contribution in [1.29, 1.82) is 0 Å². The van der Waals surface area contributed by atoms with E-state index in [0.717, 1.165) is 12.1 Å². The van der Waals surface area contributed by atoms with E-state index in [1.165, 1.54) is 18.9 Å². The summed E-state index contributed by atoms with van der Waals surface area (Å²) in [4.78, 5) is 24.3. The van der Waals surface area contributed by atoms with Crippen molar-refractivity contribution in [2.24, 2.45) is 0 Å². The first-order valence-electron chi connectivity index (χ1n) is 8.42. The van der Waals surface area contributed by atoms with Crippen LogP contribution in [0.1, 0.15) is 15.9 Å². The average molecular weight is 380 g/mol. The zero-order valence-corrected chi connectivity index (χ0v) is 15.3. The molecule has 0 spiro atoms. The van der Waals surface area contributed by atoms with Crippen LogP contribution in [-0.2, 0) is 0 Å². The molecule has 142 valence electrons. The van der Waals surface area contributed by atoms with Gasteiger partial charge in [0.2, 0.25) is 0 Å². The van der Waals surface area contributed by atoms with Gasteiger partial charge in [-0.2, -0.15) is 0 Å². The molecule has 0 aromatic heterocycles. The highest BCUT2D eigenvalue weighted by atomic mass is 19.1. The number of para-hydroxylation sites is 1. The Kier molecular flexibility index (Phi) is 5.35.